The van der Waals surface area contributed by atoms with E-state index >= 15 is 0 Å². The number of amides is 5. The number of pyridine rings is 2. The first-order valence-electron chi connectivity index (χ1n) is 28.0. The Morgan fingerprint density at radius 1 is 0.654 bits per heavy atom. The van der Waals surface area contributed by atoms with E-state index < -0.39 is 48.7 Å². The molecule has 3 atom stereocenters. The summed E-state index contributed by atoms with van der Waals surface area (Å²) < 4.78 is 93.5. The molecule has 4 aromatic rings. The first kappa shape index (κ1) is 59.0. The molecule has 5 fully saturated rings. The van der Waals surface area contributed by atoms with Gasteiger partial charge in [-0.05, 0) is 160 Å². The van der Waals surface area contributed by atoms with E-state index in [0.717, 1.165) is 94.6 Å². The number of nitrogens with one attached hydrogen (secondary N) is 3. The van der Waals surface area contributed by atoms with Gasteiger partial charge < -0.3 is 54.7 Å². The molecule has 1 unspecified atom stereocenters. The second-order valence-corrected chi connectivity index (χ2v) is 23.0. The minimum atomic E-state index is -4.24. The summed E-state index contributed by atoms with van der Waals surface area (Å²) in [5, 5.41) is 9.21. The van der Waals surface area contributed by atoms with Gasteiger partial charge in [-0.1, -0.05) is 18.2 Å². The Bertz CT molecular complexity index is 2910. The first-order valence-corrected chi connectivity index (χ1v) is 28.0. The van der Waals surface area contributed by atoms with Gasteiger partial charge in [0, 0.05) is 101 Å². The number of anilines is 4. The molecule has 0 bridgehead atoms. The maximum Gasteiger partial charge on any atom is 0.410 e. The molecule has 5 saturated heterocycles. The van der Waals surface area contributed by atoms with Crippen LogP contribution in [0.5, 0.6) is 0 Å². The van der Waals surface area contributed by atoms with Gasteiger partial charge in [0.25, 0.3) is 0 Å². The highest BCUT2D eigenvalue weighted by atomic mass is 19.4. The zero-order valence-corrected chi connectivity index (χ0v) is 46.8. The number of likely N-dealkylation sites (tertiary alicyclic amines) is 2. The number of benzene rings is 2. The lowest BCUT2D eigenvalue weighted by atomic mass is 9.96. The highest BCUT2D eigenvalue weighted by molar-refractivity contribution is 5.92. The van der Waals surface area contributed by atoms with Crippen molar-refractivity contribution in [2.45, 2.75) is 90.6 Å². The maximum atomic E-state index is 13.0. The number of rotatable bonds is 10. The third-order valence-electron chi connectivity index (χ3n) is 15.5. The molecule has 6 aliphatic rings. The first-order chi connectivity index (χ1) is 38.5. The molecule has 10 rings (SSSR count). The third-order valence-corrected chi connectivity index (χ3v) is 15.5. The van der Waals surface area contributed by atoms with Crippen molar-refractivity contribution < 1.29 is 54.9 Å². The Labute approximate surface area is 469 Å². The van der Waals surface area contributed by atoms with E-state index in [1.165, 1.54) is 9.80 Å². The Hall–Kier alpha value is -6.65. The fourth-order valence-electron chi connectivity index (χ4n) is 11.2. The number of carbonyl (C=O) groups is 3. The molecule has 5 amide bonds. The predicted octanol–water partition coefficient (Wildman–Crippen LogP) is 11.1. The molecule has 0 spiro atoms. The quantitative estimate of drug-likeness (QED) is 0.130. The number of alkyl halides is 6. The Morgan fingerprint density at radius 2 is 1.16 bits per heavy atom. The zero-order valence-electron chi connectivity index (χ0n) is 46.8. The van der Waals surface area contributed by atoms with Gasteiger partial charge >= 0.3 is 30.5 Å². The number of hydrogen-bond donors (Lipinski definition) is 3. The van der Waals surface area contributed by atoms with Gasteiger partial charge in [0.15, 0.2) is 0 Å². The van der Waals surface area contributed by atoms with Crippen molar-refractivity contribution in [1.82, 2.24) is 30.0 Å². The smallest absolute Gasteiger partial charge is 0.410 e. The molecule has 8 heterocycles. The molecule has 0 aliphatic carbocycles. The van der Waals surface area contributed by atoms with Crippen LogP contribution in [0.1, 0.15) is 81.3 Å². The van der Waals surface area contributed by atoms with E-state index in [2.05, 4.69) is 37.9 Å². The summed E-state index contributed by atoms with van der Waals surface area (Å²) in [6.07, 6.45) is -6.83. The van der Waals surface area contributed by atoms with Crippen molar-refractivity contribution in [3.63, 3.8) is 0 Å². The van der Waals surface area contributed by atoms with E-state index in [4.69, 9.17) is 24.2 Å². The number of aromatic nitrogens is 2. The van der Waals surface area contributed by atoms with Crippen molar-refractivity contribution in [2.24, 2.45) is 11.8 Å². The molecule has 438 valence electrons. The summed E-state index contributed by atoms with van der Waals surface area (Å²) in [5.74, 6) is 0.948. The number of carbonyl (C=O) groups excluding carboxylic acids is 3. The van der Waals surface area contributed by atoms with Crippen molar-refractivity contribution in [3.8, 4) is 22.3 Å². The Morgan fingerprint density at radius 3 is 1.64 bits per heavy atom. The lowest BCUT2D eigenvalue weighted by molar-refractivity contribution is -0.144. The van der Waals surface area contributed by atoms with Gasteiger partial charge in [0.05, 0.1) is 38.7 Å². The van der Waals surface area contributed by atoms with E-state index in [1.807, 2.05) is 83.2 Å². The van der Waals surface area contributed by atoms with Crippen LogP contribution in [0.25, 0.3) is 27.8 Å². The van der Waals surface area contributed by atoms with Crippen molar-refractivity contribution in [3.05, 3.63) is 89.3 Å². The molecule has 0 saturated carbocycles. The van der Waals surface area contributed by atoms with Crippen LogP contribution in [0.2, 0.25) is 0 Å². The number of halogens is 6. The Kier molecular flexibility index (Phi) is 18.4. The van der Waals surface area contributed by atoms with Crippen LogP contribution in [0, 0.1) is 25.7 Å². The van der Waals surface area contributed by atoms with Gasteiger partial charge in [-0.3, -0.25) is 0 Å². The molecule has 0 radical (unpaired) electrons. The summed E-state index contributed by atoms with van der Waals surface area (Å²) in [6, 6.07) is 18.8. The second-order valence-electron chi connectivity index (χ2n) is 23.0. The van der Waals surface area contributed by atoms with Crippen LogP contribution in [-0.2, 0) is 14.2 Å². The van der Waals surface area contributed by atoms with Crippen LogP contribution in [0.4, 0.5) is 63.7 Å². The molecule has 2 aromatic carbocycles. The van der Waals surface area contributed by atoms with Gasteiger partial charge in [0.2, 0.25) is 0 Å². The van der Waals surface area contributed by atoms with Gasteiger partial charge in [0.1, 0.15) is 17.2 Å². The fraction of sp³-hybridized carbons (Fsp3) is 0.542. The third kappa shape index (κ3) is 16.1. The van der Waals surface area contributed by atoms with Crippen molar-refractivity contribution in [1.29, 1.82) is 0 Å². The van der Waals surface area contributed by atoms with E-state index in [0.29, 0.717) is 89.3 Å². The number of hydrogen-bond acceptors (Lipinski definition) is 11. The highest BCUT2D eigenvalue weighted by Crippen LogP contribution is 2.37. The normalized spacial score (nSPS) is 20.8. The molecular weight excluding hydrogens is 1060 g/mol. The average molecular weight is 1130 g/mol. The lowest BCUT2D eigenvalue weighted by Crippen LogP contribution is -2.37. The zero-order chi connectivity index (χ0) is 57.6. The van der Waals surface area contributed by atoms with Crippen LogP contribution in [0.3, 0.4) is 0 Å². The monoisotopic (exact) mass is 1130 g/mol. The summed E-state index contributed by atoms with van der Waals surface area (Å²) in [5.41, 5.74) is 9.17. The molecule has 3 N–H and O–H groups in total. The number of morpholine rings is 2. The van der Waals surface area contributed by atoms with Crippen molar-refractivity contribution in [2.75, 3.05) is 125 Å². The minimum Gasteiger partial charge on any atom is -0.444 e. The number of nitrogens with zero attached hydrogens (tertiary/aromatic N) is 7. The number of aryl methyl sites for hydroxylation is 2. The molecular formula is C59H74F6N10O6. The van der Waals surface area contributed by atoms with Crippen LogP contribution in [0.15, 0.2) is 66.7 Å². The topological polar surface area (TPSA) is 157 Å². The second kappa shape index (κ2) is 25.2. The Balaban J connectivity index is 0.000000198. The van der Waals surface area contributed by atoms with Crippen LogP contribution in [-0.4, -0.2) is 166 Å². The van der Waals surface area contributed by atoms with Gasteiger partial charge in [-0.25, -0.2) is 24.4 Å². The minimum absolute atomic E-state index is 0.0795. The molecule has 16 nitrogen and oxygen atoms in total. The predicted molar refractivity (Wildman–Crippen MR) is 300 cm³/mol. The SMILES string of the molecule is Cc1ccc(NC(=O)N2CC[C@@H](CC(F)(F)F)C2)cc1-c1cc(C2=CCN(C(=O)OC(C)(C)C)C2)nc(N2CCOCC2)c1.Cc1ccc(NC(=O)N2CC[C@@H](CC(F)(F)F)C2)cc1-c1cc(C2CCNC2)nc(N2CCOCC2)c1. The molecule has 6 aliphatic heterocycles. The largest absolute Gasteiger partial charge is 0.444 e. The highest BCUT2D eigenvalue weighted by Gasteiger charge is 2.38. The summed E-state index contributed by atoms with van der Waals surface area (Å²) in [4.78, 5) is 57.5. The standard InChI is InChI=1S/C32H40F3N5O4.C27H34F3N5O2/c1-21-5-6-25(36-29(41)39-9-7-22(19-39)18-32(33,34)35)17-26(21)24-15-27(37-28(16-24)38-11-13-43-14-12-38)23-8-10-40(20-23)30(42)44-31(2,3)4;1-18-2-3-22(32-26(36)35-7-5-19(17-35)15-27(28,29)30)14-23(18)21-12-24(20-4-6-31-16-20)33-25(13-21)34-8-10-37-11-9-34/h5-6,8,15-17,22H,7,9-14,18-20H2,1-4H3,(H,36,41);2-3,12-14,19-20,31H,4-11,15-17H2,1H3,(H,32,36)/t22-;19-,20?/m00/s1. The van der Waals surface area contributed by atoms with Gasteiger partial charge in [-0.15, -0.1) is 0 Å². The lowest BCUT2D eigenvalue weighted by Gasteiger charge is -2.29. The van der Waals surface area contributed by atoms with E-state index in [1.54, 1.807) is 11.0 Å². The maximum absolute atomic E-state index is 13.0. The van der Waals surface area contributed by atoms with E-state index in [9.17, 15) is 40.7 Å². The van der Waals surface area contributed by atoms with Crippen LogP contribution >= 0.6 is 0 Å². The number of urea groups is 2. The molecule has 22 heteroatoms. The van der Waals surface area contributed by atoms with Gasteiger partial charge in [-0.2, -0.15) is 26.3 Å². The van der Waals surface area contributed by atoms with E-state index in [-0.39, 0.29) is 31.8 Å². The summed E-state index contributed by atoms with van der Waals surface area (Å²) in [7, 11) is 0. The van der Waals surface area contributed by atoms with Crippen molar-refractivity contribution >= 4 is 46.7 Å². The number of ether oxygens (including phenoxy) is 3. The summed E-state index contributed by atoms with van der Waals surface area (Å²) in [6.45, 7) is 18.5. The van der Waals surface area contributed by atoms with Crippen LogP contribution < -0.4 is 25.8 Å². The molecule has 81 heavy (non-hydrogen) atoms. The summed E-state index contributed by atoms with van der Waals surface area (Å²) >= 11 is 0. The fourth-order valence-corrected chi connectivity index (χ4v) is 11.2. The molecule has 2 aromatic heterocycles. The average Bonchev–Trinajstić information content (AvgIpc) is 4.36.